The molecule has 1 amide bonds. The van der Waals surface area contributed by atoms with Crippen LogP contribution in [0.4, 0.5) is 0 Å². The molecule has 1 N–H and O–H groups in total. The average molecular weight is 251 g/mol. The Balaban J connectivity index is 2.03. The van der Waals surface area contributed by atoms with Gasteiger partial charge >= 0.3 is 0 Å². The topological polar surface area (TPSA) is 58.4 Å². The standard InChI is InChI=1S/C13H21N3O2/c1-9-12(10(2)18-15-9)7-13(17)16-6-4-5-11(16)8-14-3/h11,14H,4-8H2,1-3H3. The third kappa shape index (κ3) is 2.56. The second-order valence-corrected chi connectivity index (χ2v) is 4.92. The number of rotatable bonds is 4. The molecule has 2 heterocycles. The monoisotopic (exact) mass is 251 g/mol. The quantitative estimate of drug-likeness (QED) is 0.869. The number of aromatic nitrogens is 1. The maximum Gasteiger partial charge on any atom is 0.227 e. The van der Waals surface area contributed by atoms with Crippen LogP contribution in [0.5, 0.6) is 0 Å². The summed E-state index contributed by atoms with van der Waals surface area (Å²) in [4.78, 5) is 14.3. The summed E-state index contributed by atoms with van der Waals surface area (Å²) in [6.07, 6.45) is 2.59. The van der Waals surface area contributed by atoms with Crippen molar-refractivity contribution in [3.8, 4) is 0 Å². The van der Waals surface area contributed by atoms with Gasteiger partial charge in [-0.2, -0.15) is 0 Å². The maximum atomic E-state index is 12.3. The van der Waals surface area contributed by atoms with Gasteiger partial charge in [0.25, 0.3) is 0 Å². The molecule has 5 nitrogen and oxygen atoms in total. The summed E-state index contributed by atoms with van der Waals surface area (Å²) >= 11 is 0. The van der Waals surface area contributed by atoms with Crippen LogP contribution < -0.4 is 5.32 Å². The number of nitrogens with zero attached hydrogens (tertiary/aromatic N) is 2. The number of likely N-dealkylation sites (tertiary alicyclic amines) is 1. The van der Waals surface area contributed by atoms with Gasteiger partial charge in [-0.05, 0) is 33.7 Å². The van der Waals surface area contributed by atoms with E-state index in [1.165, 1.54) is 0 Å². The van der Waals surface area contributed by atoms with E-state index in [1.807, 2.05) is 25.8 Å². The number of nitrogens with one attached hydrogen (secondary N) is 1. The Morgan fingerprint density at radius 1 is 1.56 bits per heavy atom. The highest BCUT2D eigenvalue weighted by atomic mass is 16.5. The van der Waals surface area contributed by atoms with E-state index in [-0.39, 0.29) is 5.91 Å². The minimum atomic E-state index is 0.183. The summed E-state index contributed by atoms with van der Waals surface area (Å²) in [5.74, 6) is 0.937. The molecule has 100 valence electrons. The van der Waals surface area contributed by atoms with Crippen LogP contribution in [-0.2, 0) is 11.2 Å². The van der Waals surface area contributed by atoms with Crippen molar-refractivity contribution in [2.24, 2.45) is 0 Å². The van der Waals surface area contributed by atoms with E-state index < -0.39 is 0 Å². The minimum absolute atomic E-state index is 0.183. The Bertz CT molecular complexity index is 408. The van der Waals surface area contributed by atoms with Crippen molar-refractivity contribution in [1.29, 1.82) is 0 Å². The highest BCUT2D eigenvalue weighted by molar-refractivity contribution is 5.79. The van der Waals surface area contributed by atoms with Crippen LogP contribution in [0.25, 0.3) is 0 Å². The summed E-state index contributed by atoms with van der Waals surface area (Å²) < 4.78 is 5.10. The highest BCUT2D eigenvalue weighted by Crippen LogP contribution is 2.20. The largest absolute Gasteiger partial charge is 0.361 e. The molecule has 0 spiro atoms. The fraction of sp³-hybridized carbons (Fsp3) is 0.692. The number of carbonyl (C=O) groups is 1. The van der Waals surface area contributed by atoms with Crippen molar-refractivity contribution >= 4 is 5.91 Å². The first kappa shape index (κ1) is 13.1. The Kier molecular flexibility index (Phi) is 4.01. The summed E-state index contributed by atoms with van der Waals surface area (Å²) in [7, 11) is 1.93. The predicted molar refractivity (Wildman–Crippen MR) is 68.3 cm³/mol. The van der Waals surface area contributed by atoms with Gasteiger partial charge in [0.2, 0.25) is 5.91 Å². The maximum absolute atomic E-state index is 12.3. The number of likely N-dealkylation sites (N-methyl/N-ethyl adjacent to an activating group) is 1. The summed E-state index contributed by atoms with van der Waals surface area (Å²) in [6.45, 7) is 5.48. The SMILES string of the molecule is CNCC1CCCN1C(=O)Cc1c(C)noc1C. The molecule has 2 rings (SSSR count). The van der Waals surface area contributed by atoms with Crippen LogP contribution in [0.3, 0.4) is 0 Å². The molecule has 1 aliphatic rings. The minimum Gasteiger partial charge on any atom is -0.361 e. The number of aryl methyl sites for hydroxylation is 2. The van der Waals surface area contributed by atoms with Crippen molar-refractivity contribution in [3.05, 3.63) is 17.0 Å². The van der Waals surface area contributed by atoms with Gasteiger partial charge in [0, 0.05) is 24.7 Å². The van der Waals surface area contributed by atoms with Crippen LogP contribution in [0.2, 0.25) is 0 Å². The molecule has 1 saturated heterocycles. The molecule has 1 atom stereocenters. The molecule has 0 bridgehead atoms. The van der Waals surface area contributed by atoms with Crippen LogP contribution >= 0.6 is 0 Å². The smallest absolute Gasteiger partial charge is 0.227 e. The Labute approximate surface area is 108 Å². The molecule has 1 aromatic heterocycles. The Hall–Kier alpha value is -1.36. The summed E-state index contributed by atoms with van der Waals surface area (Å²) in [6, 6.07) is 0.336. The lowest BCUT2D eigenvalue weighted by molar-refractivity contribution is -0.131. The lowest BCUT2D eigenvalue weighted by Crippen LogP contribution is -2.41. The Morgan fingerprint density at radius 3 is 2.94 bits per heavy atom. The molecule has 1 fully saturated rings. The number of amides is 1. The van der Waals surface area contributed by atoms with E-state index >= 15 is 0 Å². The summed E-state index contributed by atoms with van der Waals surface area (Å²) in [5, 5.41) is 7.04. The van der Waals surface area contributed by atoms with Crippen molar-refractivity contribution in [3.63, 3.8) is 0 Å². The van der Waals surface area contributed by atoms with E-state index in [0.29, 0.717) is 12.5 Å². The lowest BCUT2D eigenvalue weighted by atomic mass is 10.1. The van der Waals surface area contributed by atoms with Crippen LogP contribution in [0, 0.1) is 13.8 Å². The van der Waals surface area contributed by atoms with Gasteiger partial charge in [-0.1, -0.05) is 5.16 Å². The van der Waals surface area contributed by atoms with E-state index in [2.05, 4.69) is 10.5 Å². The molecule has 1 unspecified atom stereocenters. The van der Waals surface area contributed by atoms with Gasteiger partial charge in [0.15, 0.2) is 0 Å². The zero-order valence-electron chi connectivity index (χ0n) is 11.3. The second kappa shape index (κ2) is 5.52. The predicted octanol–water partition coefficient (Wildman–Crippen LogP) is 1.04. The third-order valence-corrected chi connectivity index (χ3v) is 3.65. The van der Waals surface area contributed by atoms with Gasteiger partial charge in [-0.25, -0.2) is 0 Å². The van der Waals surface area contributed by atoms with Crippen molar-refractivity contribution in [1.82, 2.24) is 15.4 Å². The van der Waals surface area contributed by atoms with Gasteiger partial charge in [0.05, 0.1) is 12.1 Å². The first-order chi connectivity index (χ1) is 8.63. The molecule has 18 heavy (non-hydrogen) atoms. The molecular weight excluding hydrogens is 230 g/mol. The fourth-order valence-corrected chi connectivity index (χ4v) is 2.62. The summed E-state index contributed by atoms with van der Waals surface area (Å²) in [5.41, 5.74) is 1.76. The van der Waals surface area contributed by atoms with E-state index in [9.17, 15) is 4.79 Å². The van der Waals surface area contributed by atoms with Crippen LogP contribution in [0.15, 0.2) is 4.52 Å². The van der Waals surface area contributed by atoms with Gasteiger partial charge < -0.3 is 14.7 Å². The molecule has 1 aliphatic heterocycles. The van der Waals surface area contributed by atoms with Crippen LogP contribution in [0.1, 0.15) is 29.9 Å². The van der Waals surface area contributed by atoms with E-state index in [4.69, 9.17) is 4.52 Å². The van der Waals surface area contributed by atoms with Crippen molar-refractivity contribution in [2.45, 2.75) is 39.2 Å². The van der Waals surface area contributed by atoms with Gasteiger partial charge in [-0.15, -0.1) is 0 Å². The molecule has 0 radical (unpaired) electrons. The first-order valence-electron chi connectivity index (χ1n) is 6.49. The average Bonchev–Trinajstić information content (AvgIpc) is 2.91. The normalized spacial score (nSPS) is 19.5. The van der Waals surface area contributed by atoms with Crippen LogP contribution in [-0.4, -0.2) is 42.1 Å². The molecule has 5 heteroatoms. The highest BCUT2D eigenvalue weighted by Gasteiger charge is 2.28. The Morgan fingerprint density at radius 2 is 2.33 bits per heavy atom. The lowest BCUT2D eigenvalue weighted by Gasteiger charge is -2.24. The van der Waals surface area contributed by atoms with E-state index in [0.717, 1.165) is 42.9 Å². The number of hydrogen-bond acceptors (Lipinski definition) is 4. The second-order valence-electron chi connectivity index (χ2n) is 4.92. The zero-order valence-corrected chi connectivity index (χ0v) is 11.3. The molecule has 0 aromatic carbocycles. The third-order valence-electron chi connectivity index (χ3n) is 3.65. The molecule has 0 saturated carbocycles. The fourth-order valence-electron chi connectivity index (χ4n) is 2.62. The first-order valence-corrected chi connectivity index (χ1v) is 6.49. The number of carbonyl (C=O) groups excluding carboxylic acids is 1. The number of hydrogen-bond donors (Lipinski definition) is 1. The molecule has 0 aliphatic carbocycles. The van der Waals surface area contributed by atoms with Gasteiger partial charge in [0.1, 0.15) is 5.76 Å². The van der Waals surface area contributed by atoms with Crippen molar-refractivity contribution < 1.29 is 9.32 Å². The van der Waals surface area contributed by atoms with E-state index in [1.54, 1.807) is 0 Å². The van der Waals surface area contributed by atoms with Crippen molar-refractivity contribution in [2.75, 3.05) is 20.1 Å². The van der Waals surface area contributed by atoms with Gasteiger partial charge in [-0.3, -0.25) is 4.79 Å². The zero-order chi connectivity index (χ0) is 13.1. The molecular formula is C13H21N3O2. The molecule has 1 aromatic rings.